The Morgan fingerprint density at radius 1 is 1.40 bits per heavy atom. The lowest BCUT2D eigenvalue weighted by atomic mass is 9.95. The predicted molar refractivity (Wildman–Crippen MR) is 65.8 cm³/mol. The van der Waals surface area contributed by atoms with E-state index in [0.29, 0.717) is 12.0 Å². The molecule has 0 saturated heterocycles. The highest BCUT2D eigenvalue weighted by Crippen LogP contribution is 2.21. The van der Waals surface area contributed by atoms with Gasteiger partial charge >= 0.3 is 0 Å². The first-order chi connectivity index (χ1) is 7.17. The summed E-state index contributed by atoms with van der Waals surface area (Å²) < 4.78 is 0. The highest BCUT2D eigenvalue weighted by atomic mass is 14.9. The Hall–Kier alpha value is -0.860. The van der Waals surface area contributed by atoms with Gasteiger partial charge in [-0.1, -0.05) is 36.8 Å². The molecular weight excluding hydrogens is 184 g/mol. The summed E-state index contributed by atoms with van der Waals surface area (Å²) in [5, 5.41) is 3.36. The largest absolute Gasteiger partial charge is 0.330 e. The smallest absolute Gasteiger partial charge is 0.0320 e. The molecule has 0 fully saturated rings. The highest BCUT2D eigenvalue weighted by Gasteiger charge is 2.12. The average Bonchev–Trinajstić information content (AvgIpc) is 2.25. The Labute approximate surface area is 92.9 Å². The van der Waals surface area contributed by atoms with Gasteiger partial charge < -0.3 is 11.1 Å². The average molecular weight is 206 g/mol. The fourth-order valence-corrected chi connectivity index (χ4v) is 1.81. The number of aryl methyl sites for hydroxylation is 1. The fourth-order valence-electron chi connectivity index (χ4n) is 1.81. The molecule has 0 radical (unpaired) electrons. The van der Waals surface area contributed by atoms with Gasteiger partial charge in [0.05, 0.1) is 0 Å². The number of nitrogens with two attached hydrogens (primary N) is 1. The van der Waals surface area contributed by atoms with Gasteiger partial charge in [-0.3, -0.25) is 0 Å². The Balaban J connectivity index is 2.73. The summed E-state index contributed by atoms with van der Waals surface area (Å²) in [7, 11) is 2.01. The van der Waals surface area contributed by atoms with Crippen LogP contribution in [-0.2, 0) is 0 Å². The molecule has 0 aliphatic heterocycles. The monoisotopic (exact) mass is 206 g/mol. The van der Waals surface area contributed by atoms with Crippen molar-refractivity contribution in [3.05, 3.63) is 35.4 Å². The molecule has 0 heterocycles. The lowest BCUT2D eigenvalue weighted by Gasteiger charge is -2.20. The Kier molecular flexibility index (Phi) is 4.79. The first kappa shape index (κ1) is 12.2. The topological polar surface area (TPSA) is 38.0 Å². The van der Waals surface area contributed by atoms with E-state index in [-0.39, 0.29) is 0 Å². The Bertz CT molecular complexity index is 296. The van der Waals surface area contributed by atoms with Crippen LogP contribution in [0.5, 0.6) is 0 Å². The minimum Gasteiger partial charge on any atom is -0.330 e. The second-order valence-corrected chi connectivity index (χ2v) is 4.33. The molecule has 2 nitrogen and oxygen atoms in total. The standard InChI is InChI=1S/C13H22N2/c1-10-5-4-6-12(7-10)13(15-3)8-11(2)9-14/h4-7,11,13,15H,8-9,14H2,1-3H3. The van der Waals surface area contributed by atoms with Crippen LogP contribution in [0.3, 0.4) is 0 Å². The third-order valence-corrected chi connectivity index (χ3v) is 2.83. The SMILES string of the molecule is CNC(CC(C)CN)c1cccc(C)c1. The summed E-state index contributed by atoms with van der Waals surface area (Å²) in [6.07, 6.45) is 1.09. The maximum Gasteiger partial charge on any atom is 0.0320 e. The van der Waals surface area contributed by atoms with Crippen LogP contribution in [0.4, 0.5) is 0 Å². The molecule has 1 aromatic rings. The maximum atomic E-state index is 5.66. The molecule has 84 valence electrons. The van der Waals surface area contributed by atoms with Crippen LogP contribution in [0.2, 0.25) is 0 Å². The molecule has 2 unspecified atom stereocenters. The molecular formula is C13H22N2. The van der Waals surface area contributed by atoms with E-state index >= 15 is 0 Å². The van der Waals surface area contributed by atoms with Gasteiger partial charge in [0.25, 0.3) is 0 Å². The van der Waals surface area contributed by atoms with Crippen molar-refractivity contribution in [3.8, 4) is 0 Å². The van der Waals surface area contributed by atoms with E-state index in [1.165, 1.54) is 11.1 Å². The Morgan fingerprint density at radius 3 is 2.67 bits per heavy atom. The van der Waals surface area contributed by atoms with Gasteiger partial charge in [-0.05, 0) is 38.4 Å². The van der Waals surface area contributed by atoms with Crippen molar-refractivity contribution in [1.82, 2.24) is 5.32 Å². The molecule has 0 amide bonds. The molecule has 2 heteroatoms. The van der Waals surface area contributed by atoms with Crippen LogP contribution in [0.25, 0.3) is 0 Å². The molecule has 1 aromatic carbocycles. The van der Waals surface area contributed by atoms with Gasteiger partial charge in [-0.15, -0.1) is 0 Å². The number of benzene rings is 1. The van der Waals surface area contributed by atoms with Crippen molar-refractivity contribution in [2.45, 2.75) is 26.3 Å². The fraction of sp³-hybridized carbons (Fsp3) is 0.538. The van der Waals surface area contributed by atoms with Crippen molar-refractivity contribution < 1.29 is 0 Å². The predicted octanol–water partition coefficient (Wildman–Crippen LogP) is 2.24. The van der Waals surface area contributed by atoms with E-state index in [1.54, 1.807) is 0 Å². The van der Waals surface area contributed by atoms with Crippen molar-refractivity contribution >= 4 is 0 Å². The summed E-state index contributed by atoms with van der Waals surface area (Å²) >= 11 is 0. The second kappa shape index (κ2) is 5.89. The summed E-state index contributed by atoms with van der Waals surface area (Å²) in [5.41, 5.74) is 8.33. The minimum absolute atomic E-state index is 0.420. The molecule has 0 aliphatic rings. The third kappa shape index (κ3) is 3.65. The third-order valence-electron chi connectivity index (χ3n) is 2.83. The van der Waals surface area contributed by atoms with Crippen LogP contribution in [-0.4, -0.2) is 13.6 Å². The maximum absolute atomic E-state index is 5.66. The van der Waals surface area contributed by atoms with Crippen molar-refractivity contribution in [2.24, 2.45) is 11.7 Å². The normalized spacial score (nSPS) is 14.9. The number of hydrogen-bond donors (Lipinski definition) is 2. The van der Waals surface area contributed by atoms with E-state index in [0.717, 1.165) is 13.0 Å². The lowest BCUT2D eigenvalue weighted by Crippen LogP contribution is -2.22. The van der Waals surface area contributed by atoms with Crippen LogP contribution >= 0.6 is 0 Å². The molecule has 0 saturated carbocycles. The summed E-state index contributed by atoms with van der Waals surface area (Å²) in [4.78, 5) is 0. The van der Waals surface area contributed by atoms with Gasteiger partial charge in [0.1, 0.15) is 0 Å². The molecule has 3 N–H and O–H groups in total. The van der Waals surface area contributed by atoms with Gasteiger partial charge in [0.2, 0.25) is 0 Å². The van der Waals surface area contributed by atoms with Crippen molar-refractivity contribution in [2.75, 3.05) is 13.6 Å². The number of nitrogens with one attached hydrogen (secondary N) is 1. The molecule has 1 rings (SSSR count). The highest BCUT2D eigenvalue weighted by molar-refractivity contribution is 5.25. The quantitative estimate of drug-likeness (QED) is 0.775. The molecule has 0 bridgehead atoms. The molecule has 2 atom stereocenters. The van der Waals surface area contributed by atoms with Crippen molar-refractivity contribution in [3.63, 3.8) is 0 Å². The summed E-state index contributed by atoms with van der Waals surface area (Å²) in [5.74, 6) is 0.558. The Morgan fingerprint density at radius 2 is 2.13 bits per heavy atom. The van der Waals surface area contributed by atoms with E-state index in [4.69, 9.17) is 5.73 Å². The van der Waals surface area contributed by atoms with E-state index in [1.807, 2.05) is 7.05 Å². The van der Waals surface area contributed by atoms with E-state index in [2.05, 4.69) is 43.4 Å². The summed E-state index contributed by atoms with van der Waals surface area (Å²) in [6, 6.07) is 9.08. The van der Waals surface area contributed by atoms with Gasteiger partial charge in [-0.2, -0.15) is 0 Å². The molecule has 15 heavy (non-hydrogen) atoms. The first-order valence-corrected chi connectivity index (χ1v) is 5.61. The minimum atomic E-state index is 0.420. The zero-order valence-electron chi connectivity index (χ0n) is 9.96. The van der Waals surface area contributed by atoms with Crippen molar-refractivity contribution in [1.29, 1.82) is 0 Å². The molecule has 0 aromatic heterocycles. The van der Waals surface area contributed by atoms with Crippen LogP contribution in [0.1, 0.15) is 30.5 Å². The van der Waals surface area contributed by atoms with Crippen LogP contribution in [0.15, 0.2) is 24.3 Å². The van der Waals surface area contributed by atoms with Gasteiger partial charge in [0, 0.05) is 6.04 Å². The van der Waals surface area contributed by atoms with Crippen LogP contribution in [0, 0.1) is 12.8 Å². The zero-order chi connectivity index (χ0) is 11.3. The van der Waals surface area contributed by atoms with E-state index in [9.17, 15) is 0 Å². The first-order valence-electron chi connectivity index (χ1n) is 5.61. The molecule has 0 aliphatic carbocycles. The number of hydrogen-bond acceptors (Lipinski definition) is 2. The van der Waals surface area contributed by atoms with Gasteiger partial charge in [0.15, 0.2) is 0 Å². The second-order valence-electron chi connectivity index (χ2n) is 4.33. The number of rotatable bonds is 5. The van der Waals surface area contributed by atoms with E-state index < -0.39 is 0 Å². The van der Waals surface area contributed by atoms with Gasteiger partial charge in [-0.25, -0.2) is 0 Å². The summed E-state index contributed by atoms with van der Waals surface area (Å²) in [6.45, 7) is 5.08. The molecule has 0 spiro atoms. The lowest BCUT2D eigenvalue weighted by molar-refractivity contribution is 0.438. The zero-order valence-corrected chi connectivity index (χ0v) is 9.96. The van der Waals surface area contributed by atoms with Crippen LogP contribution < -0.4 is 11.1 Å².